The van der Waals surface area contributed by atoms with Crippen LogP contribution in [-0.4, -0.2) is 69.3 Å². The van der Waals surface area contributed by atoms with E-state index in [9.17, 15) is 4.79 Å². The highest BCUT2D eigenvalue weighted by Crippen LogP contribution is 2.41. The number of carbonyl (C=O) groups is 1. The first-order chi connectivity index (χ1) is 15.0. The van der Waals surface area contributed by atoms with E-state index in [2.05, 4.69) is 15.2 Å². The zero-order valence-corrected chi connectivity index (χ0v) is 18.1. The van der Waals surface area contributed by atoms with Crippen LogP contribution in [-0.2, 0) is 23.8 Å². The number of anilines is 1. The van der Waals surface area contributed by atoms with Crippen LogP contribution < -0.4 is 4.90 Å². The first kappa shape index (κ1) is 19.7. The highest BCUT2D eigenvalue weighted by molar-refractivity contribution is 5.93. The number of aromatic amines is 1. The van der Waals surface area contributed by atoms with Gasteiger partial charge in [0.2, 0.25) is 5.95 Å². The lowest BCUT2D eigenvalue weighted by Crippen LogP contribution is -2.49. The molecule has 162 valence electrons. The Hall–Kier alpha value is -3.20. The van der Waals surface area contributed by atoms with Crippen LogP contribution in [0.15, 0.2) is 30.6 Å². The molecule has 1 N–H and O–H groups in total. The van der Waals surface area contributed by atoms with Gasteiger partial charge in [-0.3, -0.25) is 9.89 Å². The molecule has 1 saturated heterocycles. The summed E-state index contributed by atoms with van der Waals surface area (Å²) >= 11 is 0. The molecule has 1 spiro atoms. The first-order valence-corrected chi connectivity index (χ1v) is 10.6. The number of H-pyrrole nitrogens is 1. The second-order valence-electron chi connectivity index (χ2n) is 8.49. The van der Waals surface area contributed by atoms with Gasteiger partial charge in [0.1, 0.15) is 17.0 Å². The van der Waals surface area contributed by atoms with Gasteiger partial charge in [-0.05, 0) is 43.0 Å². The fourth-order valence-corrected chi connectivity index (χ4v) is 4.53. The van der Waals surface area contributed by atoms with Crippen molar-refractivity contribution < 1.29 is 9.53 Å². The monoisotopic (exact) mass is 421 g/mol. The van der Waals surface area contributed by atoms with E-state index in [1.54, 1.807) is 0 Å². The lowest BCUT2D eigenvalue weighted by Gasteiger charge is -2.44. The molecule has 2 aliphatic rings. The van der Waals surface area contributed by atoms with Crippen molar-refractivity contribution in [1.82, 2.24) is 29.6 Å². The van der Waals surface area contributed by atoms with Crippen molar-refractivity contribution in [2.45, 2.75) is 24.9 Å². The van der Waals surface area contributed by atoms with Crippen LogP contribution in [0, 0.1) is 0 Å². The minimum atomic E-state index is -0.444. The number of rotatable bonds is 3. The SMILES string of the molecule is CN(C)c1ncc2c(n1)C1(CCN(C(=O)c3cc(-c4cccn4C)n[nH]3)CC1)OCC2. The van der Waals surface area contributed by atoms with E-state index in [1.165, 1.54) is 0 Å². The van der Waals surface area contributed by atoms with Gasteiger partial charge in [0.05, 0.1) is 18.0 Å². The van der Waals surface area contributed by atoms with Gasteiger partial charge in [-0.2, -0.15) is 5.10 Å². The molecular formula is C22H27N7O2. The minimum Gasteiger partial charge on any atom is -0.368 e. The zero-order valence-electron chi connectivity index (χ0n) is 18.1. The van der Waals surface area contributed by atoms with Crippen molar-refractivity contribution in [3.05, 3.63) is 47.5 Å². The number of hydrogen-bond donors (Lipinski definition) is 1. The maximum absolute atomic E-state index is 13.1. The number of aromatic nitrogens is 5. The second-order valence-corrected chi connectivity index (χ2v) is 8.49. The lowest BCUT2D eigenvalue weighted by molar-refractivity contribution is -0.0967. The van der Waals surface area contributed by atoms with Crippen LogP contribution in [0.4, 0.5) is 5.95 Å². The Morgan fingerprint density at radius 1 is 1.29 bits per heavy atom. The molecule has 0 atom stereocenters. The Morgan fingerprint density at radius 3 is 2.81 bits per heavy atom. The molecule has 3 aromatic rings. The fraction of sp³-hybridized carbons (Fsp3) is 0.455. The molecule has 0 aliphatic carbocycles. The van der Waals surface area contributed by atoms with Crippen molar-refractivity contribution in [2.75, 3.05) is 38.7 Å². The normalized spacial score (nSPS) is 17.6. The van der Waals surface area contributed by atoms with Gasteiger partial charge in [0, 0.05) is 46.6 Å². The summed E-state index contributed by atoms with van der Waals surface area (Å²) in [4.78, 5) is 26.2. The summed E-state index contributed by atoms with van der Waals surface area (Å²) in [6, 6.07) is 5.77. The molecule has 31 heavy (non-hydrogen) atoms. The van der Waals surface area contributed by atoms with Gasteiger partial charge >= 0.3 is 0 Å². The van der Waals surface area contributed by atoms with Crippen LogP contribution in [0.1, 0.15) is 34.6 Å². The second kappa shape index (κ2) is 7.49. The number of nitrogens with zero attached hydrogens (tertiary/aromatic N) is 6. The van der Waals surface area contributed by atoms with E-state index in [1.807, 2.05) is 66.1 Å². The quantitative estimate of drug-likeness (QED) is 0.695. The van der Waals surface area contributed by atoms with Gasteiger partial charge in [-0.1, -0.05) is 0 Å². The molecule has 1 fully saturated rings. The largest absolute Gasteiger partial charge is 0.368 e. The van der Waals surface area contributed by atoms with E-state index in [0.717, 1.165) is 29.1 Å². The number of nitrogens with one attached hydrogen (secondary N) is 1. The highest BCUT2D eigenvalue weighted by atomic mass is 16.5. The van der Waals surface area contributed by atoms with E-state index in [0.29, 0.717) is 44.2 Å². The average molecular weight is 422 g/mol. The molecule has 3 aromatic heterocycles. The molecule has 0 unspecified atom stereocenters. The third-order valence-electron chi connectivity index (χ3n) is 6.31. The highest BCUT2D eigenvalue weighted by Gasteiger charge is 2.43. The number of hydrogen-bond acceptors (Lipinski definition) is 6. The van der Waals surface area contributed by atoms with E-state index < -0.39 is 5.60 Å². The van der Waals surface area contributed by atoms with E-state index in [-0.39, 0.29) is 5.91 Å². The van der Waals surface area contributed by atoms with Crippen molar-refractivity contribution in [3.8, 4) is 11.4 Å². The van der Waals surface area contributed by atoms with Gasteiger partial charge in [0.15, 0.2) is 0 Å². The summed E-state index contributed by atoms with van der Waals surface area (Å²) < 4.78 is 8.28. The molecule has 9 nitrogen and oxygen atoms in total. The number of ether oxygens (including phenoxy) is 1. The third kappa shape index (κ3) is 3.38. The van der Waals surface area contributed by atoms with E-state index >= 15 is 0 Å². The predicted molar refractivity (Wildman–Crippen MR) is 116 cm³/mol. The Kier molecular flexibility index (Phi) is 4.77. The maximum Gasteiger partial charge on any atom is 0.271 e. The zero-order chi connectivity index (χ0) is 21.6. The lowest BCUT2D eigenvalue weighted by atomic mass is 9.83. The number of carbonyl (C=O) groups excluding carboxylic acids is 1. The summed E-state index contributed by atoms with van der Waals surface area (Å²) in [5.41, 5.74) is 3.93. The van der Waals surface area contributed by atoms with Crippen LogP contribution in [0.2, 0.25) is 0 Å². The maximum atomic E-state index is 13.1. The van der Waals surface area contributed by atoms with Crippen molar-refractivity contribution >= 4 is 11.9 Å². The summed E-state index contributed by atoms with van der Waals surface area (Å²) in [6.45, 7) is 1.88. The molecule has 0 bridgehead atoms. The smallest absolute Gasteiger partial charge is 0.271 e. The summed E-state index contributed by atoms with van der Waals surface area (Å²) in [7, 11) is 5.84. The summed E-state index contributed by atoms with van der Waals surface area (Å²) in [5.74, 6) is 0.656. The molecule has 5 heterocycles. The molecule has 1 amide bonds. The summed E-state index contributed by atoms with van der Waals surface area (Å²) in [6.07, 6.45) is 6.14. The molecule has 0 saturated carbocycles. The van der Waals surface area contributed by atoms with Gasteiger partial charge < -0.3 is 19.1 Å². The molecule has 5 rings (SSSR count). The Labute approximate surface area is 181 Å². The molecular weight excluding hydrogens is 394 g/mol. The number of likely N-dealkylation sites (tertiary alicyclic amines) is 1. The fourth-order valence-electron chi connectivity index (χ4n) is 4.53. The Morgan fingerprint density at radius 2 is 2.10 bits per heavy atom. The molecule has 0 aromatic carbocycles. The average Bonchev–Trinajstić information content (AvgIpc) is 3.43. The third-order valence-corrected chi connectivity index (χ3v) is 6.31. The van der Waals surface area contributed by atoms with E-state index in [4.69, 9.17) is 9.72 Å². The Bertz CT molecular complexity index is 1110. The standard InChI is InChI=1S/C22H27N7O2/c1-27(2)21-23-14-15-6-12-31-22(19(15)24-21)7-10-29(11-8-22)20(30)17-13-16(25-26-17)18-5-4-9-28(18)3/h4-5,9,13-14H,6-8,10-12H2,1-3H3,(H,25,26). The van der Waals surface area contributed by atoms with Crippen LogP contribution in [0.5, 0.6) is 0 Å². The van der Waals surface area contributed by atoms with Crippen molar-refractivity contribution in [3.63, 3.8) is 0 Å². The van der Waals surface area contributed by atoms with Crippen molar-refractivity contribution in [2.24, 2.45) is 7.05 Å². The number of amides is 1. The molecule has 0 radical (unpaired) electrons. The molecule has 9 heteroatoms. The van der Waals surface area contributed by atoms with Crippen molar-refractivity contribution in [1.29, 1.82) is 0 Å². The minimum absolute atomic E-state index is 0.0319. The predicted octanol–water partition coefficient (Wildman–Crippen LogP) is 1.98. The first-order valence-electron chi connectivity index (χ1n) is 10.6. The number of piperidine rings is 1. The summed E-state index contributed by atoms with van der Waals surface area (Å²) in [5, 5.41) is 7.25. The van der Waals surface area contributed by atoms with Gasteiger partial charge in [-0.25, -0.2) is 9.97 Å². The topological polar surface area (TPSA) is 92.2 Å². The van der Waals surface area contributed by atoms with Crippen LogP contribution in [0.25, 0.3) is 11.4 Å². The number of aryl methyl sites for hydroxylation is 1. The number of fused-ring (bicyclic) bond motifs is 2. The Balaban J connectivity index is 1.33. The molecule has 2 aliphatic heterocycles. The van der Waals surface area contributed by atoms with Gasteiger partial charge in [0.25, 0.3) is 5.91 Å². The van der Waals surface area contributed by atoms with Crippen LogP contribution in [0.3, 0.4) is 0 Å². The van der Waals surface area contributed by atoms with Crippen LogP contribution >= 0.6 is 0 Å². The van der Waals surface area contributed by atoms with Gasteiger partial charge in [-0.15, -0.1) is 0 Å².